The van der Waals surface area contributed by atoms with Crippen molar-refractivity contribution in [2.75, 3.05) is 13.1 Å². The van der Waals surface area contributed by atoms with Crippen molar-refractivity contribution in [3.05, 3.63) is 51.2 Å². The van der Waals surface area contributed by atoms with Gasteiger partial charge in [-0.2, -0.15) is 0 Å². The maximum atomic E-state index is 12.6. The summed E-state index contributed by atoms with van der Waals surface area (Å²) in [4.78, 5) is 27.3. The maximum absolute atomic E-state index is 12.6. The molecule has 2 heterocycles. The molecular weight excluding hydrogens is 384 g/mol. The summed E-state index contributed by atoms with van der Waals surface area (Å²) in [7, 11) is -3.98. The van der Waals surface area contributed by atoms with E-state index in [1.807, 2.05) is 6.07 Å². The van der Waals surface area contributed by atoms with Crippen LogP contribution >= 0.6 is 22.9 Å². The molecule has 132 valence electrons. The molecule has 9 heteroatoms. The zero-order valence-electron chi connectivity index (χ0n) is 13.3. The van der Waals surface area contributed by atoms with E-state index in [0.717, 1.165) is 4.88 Å². The molecule has 2 amide bonds. The molecular formula is C16H15ClN2O4S2. The van der Waals surface area contributed by atoms with E-state index in [2.05, 4.69) is 0 Å². The second-order valence-corrected chi connectivity index (χ2v) is 9.06. The third-order valence-corrected chi connectivity index (χ3v) is 6.90. The minimum atomic E-state index is -3.98. The first-order valence-corrected chi connectivity index (χ1v) is 10.2. The third kappa shape index (κ3) is 3.29. The van der Waals surface area contributed by atoms with Crippen LogP contribution in [0.4, 0.5) is 0 Å². The Bertz CT molecular complexity index is 939. The van der Waals surface area contributed by atoms with Crippen molar-refractivity contribution in [1.82, 2.24) is 9.21 Å². The van der Waals surface area contributed by atoms with Crippen molar-refractivity contribution >= 4 is 44.8 Å². The zero-order chi connectivity index (χ0) is 18.2. The van der Waals surface area contributed by atoms with E-state index in [-0.39, 0.29) is 10.5 Å². The minimum absolute atomic E-state index is 0.0547. The number of sulfonamides is 1. The number of halogens is 1. The molecule has 3 rings (SSSR count). The Morgan fingerprint density at radius 3 is 2.56 bits per heavy atom. The summed E-state index contributed by atoms with van der Waals surface area (Å²) in [6, 6.07) is 9.52. The van der Waals surface area contributed by atoms with E-state index in [0.29, 0.717) is 21.7 Å². The van der Waals surface area contributed by atoms with Crippen LogP contribution < -0.4 is 0 Å². The minimum Gasteiger partial charge on any atom is -0.336 e. The molecule has 0 saturated heterocycles. The fourth-order valence-corrected chi connectivity index (χ4v) is 5.23. The van der Waals surface area contributed by atoms with Crippen LogP contribution in [-0.2, 0) is 21.4 Å². The van der Waals surface area contributed by atoms with Gasteiger partial charge in [0.05, 0.1) is 16.4 Å². The monoisotopic (exact) mass is 398 g/mol. The molecule has 0 aliphatic carbocycles. The number of likely N-dealkylation sites (N-methyl/N-ethyl adjacent to an activating group) is 1. The first-order chi connectivity index (χ1) is 11.8. The fourth-order valence-electron chi connectivity index (χ4n) is 2.61. The van der Waals surface area contributed by atoms with E-state index in [4.69, 9.17) is 11.6 Å². The molecule has 0 radical (unpaired) electrons. The molecule has 0 atom stereocenters. The summed E-state index contributed by atoms with van der Waals surface area (Å²) < 4.78 is 26.3. The van der Waals surface area contributed by atoms with Crippen molar-refractivity contribution in [2.45, 2.75) is 18.4 Å². The normalized spacial score (nSPS) is 15.3. The quantitative estimate of drug-likeness (QED) is 0.775. The van der Waals surface area contributed by atoms with Gasteiger partial charge in [0, 0.05) is 11.4 Å². The van der Waals surface area contributed by atoms with Gasteiger partial charge in [0.1, 0.15) is 11.4 Å². The van der Waals surface area contributed by atoms with Gasteiger partial charge in [-0.05, 0) is 31.2 Å². The second-order valence-electron chi connectivity index (χ2n) is 5.43. The third-order valence-electron chi connectivity index (χ3n) is 3.90. The van der Waals surface area contributed by atoms with Crippen LogP contribution in [-0.4, -0.2) is 42.5 Å². The van der Waals surface area contributed by atoms with Crippen LogP contribution in [0.5, 0.6) is 0 Å². The highest BCUT2D eigenvalue weighted by atomic mass is 35.5. The SMILES string of the molecule is CCN(Cc1ccc(Cl)s1)C(=O)CN1C(=O)c2ccccc2S1(=O)=O. The predicted molar refractivity (Wildman–Crippen MR) is 95.1 cm³/mol. The zero-order valence-corrected chi connectivity index (χ0v) is 15.7. The number of nitrogens with zero attached hydrogens (tertiary/aromatic N) is 2. The van der Waals surface area contributed by atoms with Crippen molar-refractivity contribution < 1.29 is 18.0 Å². The van der Waals surface area contributed by atoms with Gasteiger partial charge >= 0.3 is 0 Å². The summed E-state index contributed by atoms with van der Waals surface area (Å²) in [5.74, 6) is -1.10. The lowest BCUT2D eigenvalue weighted by Crippen LogP contribution is -2.42. The highest BCUT2D eigenvalue weighted by Gasteiger charge is 2.42. The molecule has 0 fully saturated rings. The molecule has 1 aromatic carbocycles. The summed E-state index contributed by atoms with van der Waals surface area (Å²) in [6.45, 7) is 2.00. The first-order valence-electron chi connectivity index (χ1n) is 7.52. The number of hydrogen-bond donors (Lipinski definition) is 0. The lowest BCUT2D eigenvalue weighted by molar-refractivity contribution is -0.131. The fraction of sp³-hybridized carbons (Fsp3) is 0.250. The molecule has 0 saturated carbocycles. The Kier molecular flexibility index (Phi) is 4.86. The Morgan fingerprint density at radius 2 is 1.96 bits per heavy atom. The lowest BCUT2D eigenvalue weighted by Gasteiger charge is -2.23. The van der Waals surface area contributed by atoms with Crippen molar-refractivity contribution in [2.24, 2.45) is 0 Å². The Hall–Kier alpha value is -1.90. The largest absolute Gasteiger partial charge is 0.336 e. The molecule has 2 aromatic rings. The van der Waals surface area contributed by atoms with E-state index < -0.39 is 28.4 Å². The molecule has 0 unspecified atom stereocenters. The number of carbonyl (C=O) groups is 2. The Labute approximate surface area is 154 Å². The molecule has 1 aromatic heterocycles. The molecule has 0 spiro atoms. The molecule has 1 aliphatic rings. The lowest BCUT2D eigenvalue weighted by atomic mass is 10.2. The van der Waals surface area contributed by atoms with Gasteiger partial charge in [-0.15, -0.1) is 11.3 Å². The average molecular weight is 399 g/mol. The number of benzene rings is 1. The van der Waals surface area contributed by atoms with Gasteiger partial charge in [0.2, 0.25) is 5.91 Å². The predicted octanol–water partition coefficient (Wildman–Crippen LogP) is 2.59. The van der Waals surface area contributed by atoms with Gasteiger partial charge < -0.3 is 4.90 Å². The van der Waals surface area contributed by atoms with Crippen LogP contribution in [0.15, 0.2) is 41.3 Å². The molecule has 0 bridgehead atoms. The number of amides is 2. The van der Waals surface area contributed by atoms with Gasteiger partial charge in [-0.25, -0.2) is 12.7 Å². The number of thiophene rings is 1. The highest BCUT2D eigenvalue weighted by Crippen LogP contribution is 2.30. The smallest absolute Gasteiger partial charge is 0.269 e. The molecule has 25 heavy (non-hydrogen) atoms. The van der Waals surface area contributed by atoms with Crippen LogP contribution in [0.25, 0.3) is 0 Å². The van der Waals surface area contributed by atoms with Crippen molar-refractivity contribution in [3.63, 3.8) is 0 Å². The van der Waals surface area contributed by atoms with Gasteiger partial charge in [0.15, 0.2) is 0 Å². The topological polar surface area (TPSA) is 74.8 Å². The summed E-state index contributed by atoms with van der Waals surface area (Å²) in [6.07, 6.45) is 0. The van der Waals surface area contributed by atoms with Crippen LogP contribution in [0.1, 0.15) is 22.2 Å². The first kappa shape index (κ1) is 17.9. The number of carbonyl (C=O) groups excluding carboxylic acids is 2. The Balaban J connectivity index is 1.79. The number of rotatable bonds is 5. The van der Waals surface area contributed by atoms with E-state index >= 15 is 0 Å². The average Bonchev–Trinajstić information content (AvgIpc) is 3.08. The van der Waals surface area contributed by atoms with E-state index in [9.17, 15) is 18.0 Å². The van der Waals surface area contributed by atoms with Crippen LogP contribution in [0, 0.1) is 0 Å². The van der Waals surface area contributed by atoms with Gasteiger partial charge in [-0.3, -0.25) is 9.59 Å². The van der Waals surface area contributed by atoms with Crippen LogP contribution in [0.2, 0.25) is 4.34 Å². The van der Waals surface area contributed by atoms with Gasteiger partial charge in [0.25, 0.3) is 15.9 Å². The van der Waals surface area contributed by atoms with Crippen molar-refractivity contribution in [3.8, 4) is 0 Å². The van der Waals surface area contributed by atoms with E-state index in [1.54, 1.807) is 25.1 Å². The molecule has 6 nitrogen and oxygen atoms in total. The highest BCUT2D eigenvalue weighted by molar-refractivity contribution is 7.90. The summed E-state index contributed by atoms with van der Waals surface area (Å²) in [5.41, 5.74) is 0.100. The van der Waals surface area contributed by atoms with Crippen LogP contribution in [0.3, 0.4) is 0 Å². The summed E-state index contributed by atoms with van der Waals surface area (Å²) in [5, 5.41) is 0. The second kappa shape index (κ2) is 6.78. The standard InChI is InChI=1S/C16H15ClN2O4S2/c1-2-18(9-11-7-8-14(17)24-11)15(20)10-19-16(21)12-5-3-4-6-13(12)25(19,22)23/h3-8H,2,9-10H2,1H3. The maximum Gasteiger partial charge on any atom is 0.269 e. The van der Waals surface area contributed by atoms with Crippen molar-refractivity contribution in [1.29, 1.82) is 0 Å². The molecule has 0 N–H and O–H groups in total. The van der Waals surface area contributed by atoms with E-state index in [1.165, 1.54) is 28.4 Å². The number of hydrogen-bond acceptors (Lipinski definition) is 5. The molecule has 1 aliphatic heterocycles. The Morgan fingerprint density at radius 1 is 1.24 bits per heavy atom. The number of fused-ring (bicyclic) bond motifs is 1. The summed E-state index contributed by atoms with van der Waals surface area (Å²) >= 11 is 7.25. The van der Waals surface area contributed by atoms with Gasteiger partial charge in [-0.1, -0.05) is 23.7 Å².